The molecule has 0 bridgehead atoms. The van der Waals surface area contributed by atoms with Crippen molar-refractivity contribution in [3.05, 3.63) is 59.3 Å². The average molecular weight is 342 g/mol. The summed E-state index contributed by atoms with van der Waals surface area (Å²) in [5.41, 5.74) is -1.35. The zero-order chi connectivity index (χ0) is 17.1. The number of ether oxygens (including phenoxy) is 1. The van der Waals surface area contributed by atoms with Crippen molar-refractivity contribution in [3.63, 3.8) is 0 Å². The lowest BCUT2D eigenvalue weighted by atomic mass is 10.2. The van der Waals surface area contributed by atoms with Crippen LogP contribution in [0.1, 0.15) is 11.3 Å². The van der Waals surface area contributed by atoms with Crippen LogP contribution >= 0.6 is 0 Å². The molecule has 1 aromatic heterocycles. The molecule has 8 heteroatoms. The van der Waals surface area contributed by atoms with Crippen molar-refractivity contribution in [2.45, 2.75) is 11.1 Å². The quantitative estimate of drug-likeness (QED) is 0.906. The van der Waals surface area contributed by atoms with Gasteiger partial charge < -0.3 is 4.74 Å². The summed E-state index contributed by atoms with van der Waals surface area (Å²) in [7, 11) is -2.12. The van der Waals surface area contributed by atoms with Gasteiger partial charge in [-0.25, -0.2) is 8.99 Å². The maximum atomic E-state index is 12.9. The number of nitrogens with one attached hydrogen (secondary N) is 1. The van der Waals surface area contributed by atoms with E-state index in [2.05, 4.69) is 4.98 Å². The Morgan fingerprint density at radius 2 is 1.91 bits per heavy atom. The predicted octanol–water partition coefficient (Wildman–Crippen LogP) is 4.19. The molecule has 23 heavy (non-hydrogen) atoms. The zero-order valence-electron chi connectivity index (χ0n) is 12.0. The van der Waals surface area contributed by atoms with Gasteiger partial charge in [-0.1, -0.05) is 12.1 Å². The summed E-state index contributed by atoms with van der Waals surface area (Å²) >= 11 is 0. The second-order valence-corrected chi connectivity index (χ2v) is 6.40. The first-order valence-corrected chi connectivity index (χ1v) is 8.00. The van der Waals surface area contributed by atoms with Gasteiger partial charge in [0.25, 0.3) is 0 Å². The van der Waals surface area contributed by atoms with Crippen molar-refractivity contribution in [2.75, 3.05) is 7.11 Å². The van der Waals surface area contributed by atoms with E-state index in [9.17, 15) is 17.4 Å². The van der Waals surface area contributed by atoms with E-state index in [0.717, 1.165) is 17.6 Å². The number of aromatic nitrogens is 1. The van der Waals surface area contributed by atoms with Gasteiger partial charge >= 0.3 is 6.18 Å². The third-order valence-electron chi connectivity index (χ3n) is 2.96. The predicted molar refractivity (Wildman–Crippen MR) is 80.4 cm³/mol. The molecule has 122 valence electrons. The molecule has 0 aliphatic carbocycles. The van der Waals surface area contributed by atoms with Crippen LogP contribution in [0.5, 0.6) is 5.75 Å². The molecule has 1 aromatic carbocycles. The smallest absolute Gasteiger partial charge is 0.418 e. The maximum absolute atomic E-state index is 12.9. The highest BCUT2D eigenvalue weighted by atomic mass is 32.2. The van der Waals surface area contributed by atoms with Crippen molar-refractivity contribution < 1.29 is 22.1 Å². The molecule has 2 rings (SSSR count). The van der Waals surface area contributed by atoms with Crippen LogP contribution < -0.4 is 4.74 Å². The molecule has 0 aliphatic heterocycles. The molecular weight excluding hydrogens is 329 g/mol. The Kier molecular flexibility index (Phi) is 4.74. The number of benzene rings is 1. The lowest BCUT2D eigenvalue weighted by Gasteiger charge is -2.10. The van der Waals surface area contributed by atoms with Gasteiger partial charge in [-0.05, 0) is 30.3 Å². The fourth-order valence-electron chi connectivity index (χ4n) is 1.89. The number of hydrogen-bond acceptors (Lipinski definition) is 4. The normalized spacial score (nSPS) is 14.6. The Hall–Kier alpha value is -2.35. The van der Waals surface area contributed by atoms with Crippen LogP contribution in [-0.4, -0.2) is 16.3 Å². The molecule has 0 saturated carbocycles. The molecule has 0 radical (unpaired) electrons. The van der Waals surface area contributed by atoms with Crippen molar-refractivity contribution in [2.24, 2.45) is 0 Å². The van der Waals surface area contributed by atoms with E-state index in [0.29, 0.717) is 0 Å². The van der Waals surface area contributed by atoms with Crippen LogP contribution in [0.4, 0.5) is 13.2 Å². The first-order chi connectivity index (χ1) is 10.8. The van der Waals surface area contributed by atoms with E-state index in [1.165, 1.54) is 31.5 Å². The number of hydrogen-bond donors (Lipinski definition) is 1. The SMILES string of the molecule is COc1ccccc1S(=N)(=O)/C=C/c1ncccc1C(F)(F)F. The number of alkyl halides is 3. The molecule has 0 saturated heterocycles. The molecule has 4 nitrogen and oxygen atoms in total. The molecular formula is C15H13F3N2O2S. The highest BCUT2D eigenvalue weighted by Crippen LogP contribution is 2.32. The lowest BCUT2D eigenvalue weighted by Crippen LogP contribution is -2.08. The number of methoxy groups -OCH3 is 1. The minimum absolute atomic E-state index is 0.0863. The van der Waals surface area contributed by atoms with Crippen LogP contribution in [0.2, 0.25) is 0 Å². The fraction of sp³-hybridized carbons (Fsp3) is 0.133. The van der Waals surface area contributed by atoms with Gasteiger partial charge in [0.2, 0.25) is 0 Å². The van der Waals surface area contributed by atoms with Gasteiger partial charge in [0, 0.05) is 11.6 Å². The largest absolute Gasteiger partial charge is 0.495 e. The summed E-state index contributed by atoms with van der Waals surface area (Å²) in [6.45, 7) is 0. The number of para-hydroxylation sites is 1. The molecule has 1 N–H and O–H groups in total. The van der Waals surface area contributed by atoms with E-state index < -0.39 is 27.2 Å². The van der Waals surface area contributed by atoms with Gasteiger partial charge in [0.15, 0.2) is 0 Å². The molecule has 1 unspecified atom stereocenters. The number of nitrogens with zero attached hydrogens (tertiary/aromatic N) is 1. The Morgan fingerprint density at radius 3 is 2.57 bits per heavy atom. The topological polar surface area (TPSA) is 63.0 Å². The van der Waals surface area contributed by atoms with Crippen molar-refractivity contribution in [1.29, 1.82) is 4.78 Å². The van der Waals surface area contributed by atoms with Crippen molar-refractivity contribution in [1.82, 2.24) is 4.98 Å². The molecule has 1 heterocycles. The summed E-state index contributed by atoms with van der Waals surface area (Å²) in [4.78, 5) is 3.72. The second-order valence-electron chi connectivity index (χ2n) is 4.49. The summed E-state index contributed by atoms with van der Waals surface area (Å²) < 4.78 is 64.2. The second kappa shape index (κ2) is 6.41. The monoisotopic (exact) mass is 342 g/mol. The fourth-order valence-corrected chi connectivity index (χ4v) is 3.09. The number of pyridine rings is 1. The van der Waals surface area contributed by atoms with Gasteiger partial charge in [0.05, 0.1) is 33.0 Å². The first kappa shape index (κ1) is 17.0. The Balaban J connectivity index is 2.45. The molecule has 0 spiro atoms. The van der Waals surface area contributed by atoms with Gasteiger partial charge in [-0.15, -0.1) is 0 Å². The van der Waals surface area contributed by atoms with Crippen molar-refractivity contribution >= 4 is 15.8 Å². The first-order valence-electron chi connectivity index (χ1n) is 6.38. The number of halogens is 3. The minimum atomic E-state index is -4.58. The van der Waals surface area contributed by atoms with Crippen LogP contribution in [0.15, 0.2) is 52.9 Å². The summed E-state index contributed by atoms with van der Waals surface area (Å²) in [6, 6.07) is 8.21. The van der Waals surface area contributed by atoms with Gasteiger partial charge in [-0.3, -0.25) is 4.98 Å². The summed E-state index contributed by atoms with van der Waals surface area (Å²) in [6.07, 6.45) is -2.43. The molecule has 2 aromatic rings. The van der Waals surface area contributed by atoms with E-state index in [1.54, 1.807) is 12.1 Å². The third-order valence-corrected chi connectivity index (χ3v) is 4.47. The summed E-state index contributed by atoms with van der Waals surface area (Å²) in [5.74, 6) is 0.231. The van der Waals surface area contributed by atoms with Gasteiger partial charge in [-0.2, -0.15) is 13.2 Å². The minimum Gasteiger partial charge on any atom is -0.495 e. The van der Waals surface area contributed by atoms with E-state index in [4.69, 9.17) is 9.52 Å². The highest BCUT2D eigenvalue weighted by molar-refractivity contribution is 7.95. The summed E-state index contributed by atoms with van der Waals surface area (Å²) in [5, 5.41) is 0.905. The Morgan fingerprint density at radius 1 is 1.22 bits per heavy atom. The van der Waals surface area contributed by atoms with E-state index >= 15 is 0 Å². The lowest BCUT2D eigenvalue weighted by molar-refractivity contribution is -0.138. The van der Waals surface area contributed by atoms with Crippen LogP contribution in [-0.2, 0) is 15.9 Å². The molecule has 1 atom stereocenters. The van der Waals surface area contributed by atoms with Crippen LogP contribution in [0.25, 0.3) is 6.08 Å². The van der Waals surface area contributed by atoms with Crippen LogP contribution in [0.3, 0.4) is 0 Å². The maximum Gasteiger partial charge on any atom is 0.418 e. The highest BCUT2D eigenvalue weighted by Gasteiger charge is 2.33. The van der Waals surface area contributed by atoms with Gasteiger partial charge in [0.1, 0.15) is 5.75 Å². The van der Waals surface area contributed by atoms with Crippen LogP contribution in [0, 0.1) is 4.78 Å². The molecule has 0 fully saturated rings. The van der Waals surface area contributed by atoms with E-state index in [-0.39, 0.29) is 10.6 Å². The molecule has 0 aliphatic rings. The number of rotatable bonds is 4. The Bertz CT molecular complexity index is 831. The standard InChI is InChI=1S/C15H13F3N2O2S/c1-22-13-6-2-3-7-14(13)23(19,21)10-8-12-11(15(16,17)18)5-4-9-20-12/h2-10,19H,1H3/b10-8+. The zero-order valence-corrected chi connectivity index (χ0v) is 12.8. The molecule has 0 amide bonds. The van der Waals surface area contributed by atoms with Crippen molar-refractivity contribution in [3.8, 4) is 5.75 Å². The van der Waals surface area contributed by atoms with E-state index in [1.807, 2.05) is 0 Å². The average Bonchev–Trinajstić information content (AvgIpc) is 2.52. The Labute approximate surface area is 131 Å². The third kappa shape index (κ3) is 3.89.